The number of carbonyl (C=O) groups excluding carboxylic acids is 1. The van der Waals surface area contributed by atoms with Gasteiger partial charge < -0.3 is 9.72 Å². The van der Waals surface area contributed by atoms with Crippen molar-refractivity contribution in [2.45, 2.75) is 20.3 Å². The van der Waals surface area contributed by atoms with E-state index < -0.39 is 5.97 Å². The zero-order valence-corrected chi connectivity index (χ0v) is 12.7. The Kier molecular flexibility index (Phi) is 4.81. The number of benzene rings is 1. The van der Waals surface area contributed by atoms with E-state index in [9.17, 15) is 9.59 Å². The number of hydrogen-bond acceptors (Lipinski definition) is 3. The van der Waals surface area contributed by atoms with Gasteiger partial charge in [-0.2, -0.15) is 0 Å². The predicted molar refractivity (Wildman–Crippen MR) is 82.0 cm³/mol. The monoisotopic (exact) mass is 305 g/mol. The number of H-pyrrole nitrogens is 1. The number of esters is 1. The molecule has 0 aliphatic rings. The van der Waals surface area contributed by atoms with E-state index in [1.54, 1.807) is 32.0 Å². The van der Waals surface area contributed by atoms with Gasteiger partial charge in [-0.1, -0.05) is 23.7 Å². The van der Waals surface area contributed by atoms with Crippen LogP contribution in [0, 0.1) is 6.92 Å². The van der Waals surface area contributed by atoms with Crippen molar-refractivity contribution in [3.05, 3.63) is 68.1 Å². The van der Waals surface area contributed by atoms with Crippen molar-refractivity contribution in [2.24, 2.45) is 0 Å². The first-order valence-electron chi connectivity index (χ1n) is 6.65. The van der Waals surface area contributed by atoms with E-state index in [0.717, 1.165) is 5.56 Å². The van der Waals surface area contributed by atoms with Crippen LogP contribution >= 0.6 is 11.6 Å². The molecule has 4 nitrogen and oxygen atoms in total. The number of nitrogens with one attached hydrogen (secondary N) is 1. The summed E-state index contributed by atoms with van der Waals surface area (Å²) in [5, 5.41) is 0.613. The Hall–Kier alpha value is -2.07. The molecule has 0 aliphatic heterocycles. The normalized spacial score (nSPS) is 10.4. The fourth-order valence-electron chi connectivity index (χ4n) is 2.08. The van der Waals surface area contributed by atoms with Crippen molar-refractivity contribution in [3.8, 4) is 0 Å². The molecule has 0 bridgehead atoms. The van der Waals surface area contributed by atoms with E-state index in [0.29, 0.717) is 34.9 Å². The summed E-state index contributed by atoms with van der Waals surface area (Å²) in [5.41, 5.74) is 2.10. The molecule has 21 heavy (non-hydrogen) atoms. The van der Waals surface area contributed by atoms with Crippen LogP contribution in [0.4, 0.5) is 0 Å². The Morgan fingerprint density at radius 2 is 2.10 bits per heavy atom. The zero-order valence-electron chi connectivity index (χ0n) is 11.9. The molecule has 1 aromatic carbocycles. The average Bonchev–Trinajstić information content (AvgIpc) is 2.42. The highest BCUT2D eigenvalue weighted by Crippen LogP contribution is 2.15. The van der Waals surface area contributed by atoms with E-state index in [2.05, 4.69) is 4.98 Å². The van der Waals surface area contributed by atoms with Gasteiger partial charge in [0.15, 0.2) is 0 Å². The molecule has 2 aromatic rings. The summed E-state index contributed by atoms with van der Waals surface area (Å²) in [7, 11) is 0. The highest BCUT2D eigenvalue weighted by molar-refractivity contribution is 6.30. The van der Waals surface area contributed by atoms with Crippen molar-refractivity contribution in [3.63, 3.8) is 0 Å². The molecule has 0 amide bonds. The molecule has 0 saturated carbocycles. The molecule has 1 aromatic heterocycles. The number of halogens is 1. The molecule has 0 spiro atoms. The molecule has 110 valence electrons. The van der Waals surface area contributed by atoms with Crippen molar-refractivity contribution in [2.75, 3.05) is 6.61 Å². The predicted octanol–water partition coefficient (Wildman–Crippen LogP) is 3.10. The van der Waals surface area contributed by atoms with Gasteiger partial charge in [0.25, 0.3) is 5.56 Å². The van der Waals surface area contributed by atoms with Gasteiger partial charge in [-0.05, 0) is 37.6 Å². The lowest BCUT2D eigenvalue weighted by atomic mass is 10.0. The molecule has 2 rings (SSSR count). The minimum Gasteiger partial charge on any atom is -0.462 e. The lowest BCUT2D eigenvalue weighted by Crippen LogP contribution is -2.19. The van der Waals surface area contributed by atoms with Gasteiger partial charge in [0, 0.05) is 22.7 Å². The second kappa shape index (κ2) is 6.59. The fraction of sp³-hybridized carbons (Fsp3) is 0.250. The van der Waals surface area contributed by atoms with E-state index in [-0.39, 0.29) is 5.56 Å². The second-order valence-electron chi connectivity index (χ2n) is 4.69. The minimum atomic E-state index is -0.432. The van der Waals surface area contributed by atoms with Crippen molar-refractivity contribution in [1.29, 1.82) is 0 Å². The van der Waals surface area contributed by atoms with Crippen molar-refractivity contribution in [1.82, 2.24) is 4.98 Å². The van der Waals surface area contributed by atoms with Gasteiger partial charge in [0.2, 0.25) is 0 Å². The maximum absolute atomic E-state index is 12.0. The third kappa shape index (κ3) is 3.73. The van der Waals surface area contributed by atoms with Crippen LogP contribution in [0.25, 0.3) is 0 Å². The molecular weight excluding hydrogens is 290 g/mol. The maximum atomic E-state index is 12.0. The molecular formula is C16H16ClNO3. The summed E-state index contributed by atoms with van der Waals surface area (Å²) < 4.78 is 4.99. The number of rotatable bonds is 4. The summed E-state index contributed by atoms with van der Waals surface area (Å²) in [4.78, 5) is 26.6. The third-order valence-electron chi connectivity index (χ3n) is 3.09. The van der Waals surface area contributed by atoms with Crippen molar-refractivity contribution >= 4 is 17.6 Å². The first-order valence-corrected chi connectivity index (χ1v) is 7.03. The zero-order chi connectivity index (χ0) is 15.4. The van der Waals surface area contributed by atoms with Gasteiger partial charge in [0.05, 0.1) is 12.2 Å². The van der Waals surface area contributed by atoms with E-state index in [1.807, 2.05) is 12.1 Å². The Bertz CT molecular complexity index is 722. The van der Waals surface area contributed by atoms with Crippen LogP contribution in [0.3, 0.4) is 0 Å². The van der Waals surface area contributed by atoms with Crippen LogP contribution in [0.2, 0.25) is 5.02 Å². The Morgan fingerprint density at radius 1 is 1.33 bits per heavy atom. The van der Waals surface area contributed by atoms with Crippen LogP contribution in [0.5, 0.6) is 0 Å². The number of ether oxygens (including phenoxy) is 1. The molecule has 0 fully saturated rings. The quantitative estimate of drug-likeness (QED) is 0.883. The van der Waals surface area contributed by atoms with Crippen LogP contribution in [0.15, 0.2) is 35.1 Å². The van der Waals surface area contributed by atoms with Crippen LogP contribution in [-0.2, 0) is 11.2 Å². The minimum absolute atomic E-state index is 0.208. The number of pyridine rings is 1. The molecule has 1 heterocycles. The molecule has 0 radical (unpaired) electrons. The SMILES string of the molecule is CCOC(=O)c1cc(Cc2cccc(Cl)c2)c(=O)[nH]c1C. The number of aromatic nitrogens is 1. The summed E-state index contributed by atoms with van der Waals surface area (Å²) in [5.74, 6) is -0.432. The highest BCUT2D eigenvalue weighted by Gasteiger charge is 2.14. The third-order valence-corrected chi connectivity index (χ3v) is 3.33. The van der Waals surface area contributed by atoms with Crippen LogP contribution < -0.4 is 5.56 Å². The van der Waals surface area contributed by atoms with Gasteiger partial charge in [0.1, 0.15) is 0 Å². The summed E-state index contributed by atoms with van der Waals surface area (Å²) >= 11 is 5.94. The largest absolute Gasteiger partial charge is 0.462 e. The van der Waals surface area contributed by atoms with Gasteiger partial charge >= 0.3 is 5.97 Å². The Labute approximate surface area is 127 Å². The Balaban J connectivity index is 2.37. The average molecular weight is 306 g/mol. The summed E-state index contributed by atoms with van der Waals surface area (Å²) in [6, 6.07) is 8.87. The highest BCUT2D eigenvalue weighted by atomic mass is 35.5. The molecule has 0 aliphatic carbocycles. The Morgan fingerprint density at radius 3 is 2.76 bits per heavy atom. The van der Waals surface area contributed by atoms with E-state index >= 15 is 0 Å². The molecule has 0 saturated heterocycles. The van der Waals surface area contributed by atoms with Crippen LogP contribution in [-0.4, -0.2) is 17.6 Å². The van der Waals surface area contributed by atoms with E-state index in [1.165, 1.54) is 0 Å². The standard InChI is InChI=1S/C16H16ClNO3/c1-3-21-16(20)14-9-12(15(19)18-10(14)2)7-11-5-4-6-13(17)8-11/h4-6,8-9H,3,7H2,1-2H3,(H,18,19). The van der Waals surface area contributed by atoms with Gasteiger partial charge in [-0.15, -0.1) is 0 Å². The number of aromatic amines is 1. The smallest absolute Gasteiger partial charge is 0.339 e. The summed E-state index contributed by atoms with van der Waals surface area (Å²) in [6.45, 7) is 3.71. The lowest BCUT2D eigenvalue weighted by molar-refractivity contribution is 0.0524. The number of aryl methyl sites for hydroxylation is 1. The van der Waals surface area contributed by atoms with Crippen molar-refractivity contribution < 1.29 is 9.53 Å². The number of hydrogen-bond donors (Lipinski definition) is 1. The first kappa shape index (κ1) is 15.3. The van der Waals surface area contributed by atoms with Gasteiger partial charge in [-0.3, -0.25) is 4.79 Å². The topological polar surface area (TPSA) is 59.2 Å². The second-order valence-corrected chi connectivity index (χ2v) is 5.13. The lowest BCUT2D eigenvalue weighted by Gasteiger charge is -2.08. The molecule has 1 N–H and O–H groups in total. The van der Waals surface area contributed by atoms with Crippen LogP contribution in [0.1, 0.15) is 34.1 Å². The fourth-order valence-corrected chi connectivity index (χ4v) is 2.30. The maximum Gasteiger partial charge on any atom is 0.339 e. The molecule has 0 unspecified atom stereocenters. The molecule has 5 heteroatoms. The summed E-state index contributed by atoms with van der Waals surface area (Å²) in [6.07, 6.45) is 0.405. The van der Waals surface area contributed by atoms with Gasteiger partial charge in [-0.25, -0.2) is 4.79 Å². The molecule has 0 atom stereocenters. The number of carbonyl (C=O) groups is 1. The first-order chi connectivity index (χ1) is 10.0. The van der Waals surface area contributed by atoms with E-state index in [4.69, 9.17) is 16.3 Å².